The van der Waals surface area contributed by atoms with Gasteiger partial charge in [0.05, 0.1) is 25.9 Å². The first-order valence-corrected chi connectivity index (χ1v) is 11.0. The number of hydrogen-bond acceptors (Lipinski definition) is 7. The molecule has 0 spiro atoms. The Labute approximate surface area is 181 Å². The van der Waals surface area contributed by atoms with Crippen molar-refractivity contribution < 1.29 is 19.1 Å². The molecule has 2 heterocycles. The van der Waals surface area contributed by atoms with Crippen LogP contribution in [-0.2, 0) is 19.1 Å². The minimum Gasteiger partial charge on any atom is -0.468 e. The summed E-state index contributed by atoms with van der Waals surface area (Å²) in [4.78, 5) is 31.0. The zero-order valence-electron chi connectivity index (χ0n) is 18.0. The molecule has 8 heteroatoms. The first kappa shape index (κ1) is 22.4. The van der Waals surface area contributed by atoms with Gasteiger partial charge in [-0.1, -0.05) is 6.07 Å². The highest BCUT2D eigenvalue weighted by Crippen LogP contribution is 2.29. The second kappa shape index (κ2) is 10.1. The van der Waals surface area contributed by atoms with Crippen LogP contribution >= 0.6 is 11.3 Å². The molecule has 3 rings (SSSR count). The van der Waals surface area contributed by atoms with Crippen LogP contribution in [0.3, 0.4) is 0 Å². The second-order valence-electron chi connectivity index (χ2n) is 7.66. The van der Waals surface area contributed by atoms with Gasteiger partial charge in [-0.2, -0.15) is 0 Å². The highest BCUT2D eigenvalue weighted by atomic mass is 32.1. The number of nitrogens with one attached hydrogen (secondary N) is 1. The lowest BCUT2D eigenvalue weighted by atomic mass is 9.99. The van der Waals surface area contributed by atoms with Crippen molar-refractivity contribution in [3.8, 4) is 11.3 Å². The molecule has 1 aromatic carbocycles. The Morgan fingerprint density at radius 1 is 1.17 bits per heavy atom. The molecule has 2 aromatic rings. The van der Waals surface area contributed by atoms with Gasteiger partial charge in [0.1, 0.15) is 0 Å². The number of benzene rings is 1. The molecule has 7 nitrogen and oxygen atoms in total. The summed E-state index contributed by atoms with van der Waals surface area (Å²) in [5, 5.41) is 5.39. The number of ether oxygens (including phenoxy) is 2. The van der Waals surface area contributed by atoms with E-state index in [1.165, 1.54) is 29.6 Å². The zero-order valence-corrected chi connectivity index (χ0v) is 18.8. The standard InChI is InChI=1S/C22H29N3O4S/c1-14-9-16(3)18(10-15(14)2)19-13-30-22(23-19)24-20(26)11-25(12-21(27)28-4)17-5-7-29-8-6-17/h9-10,13,17H,5-8,11-12H2,1-4H3,(H,23,24,26). The van der Waals surface area contributed by atoms with Gasteiger partial charge in [-0.15, -0.1) is 11.3 Å². The number of aryl methyl sites for hydroxylation is 3. The Morgan fingerprint density at radius 3 is 2.57 bits per heavy atom. The van der Waals surface area contributed by atoms with E-state index in [9.17, 15) is 9.59 Å². The molecular formula is C22H29N3O4S. The molecule has 1 N–H and O–H groups in total. The van der Waals surface area contributed by atoms with E-state index in [-0.39, 0.29) is 31.0 Å². The van der Waals surface area contributed by atoms with Crippen LogP contribution in [0, 0.1) is 20.8 Å². The predicted octanol–water partition coefficient (Wildman–Crippen LogP) is 3.33. The Balaban J connectivity index is 1.67. The molecule has 0 saturated carbocycles. The molecule has 1 aliphatic rings. The van der Waals surface area contributed by atoms with Crippen molar-refractivity contribution in [1.29, 1.82) is 0 Å². The SMILES string of the molecule is COC(=O)CN(CC(=O)Nc1nc(-c2cc(C)c(C)cc2C)cs1)C1CCOCC1. The molecule has 1 amide bonds. The van der Waals surface area contributed by atoms with Crippen LogP contribution in [0.25, 0.3) is 11.3 Å². The van der Waals surface area contributed by atoms with E-state index in [1.807, 2.05) is 10.3 Å². The summed E-state index contributed by atoms with van der Waals surface area (Å²) in [5.41, 5.74) is 5.55. The molecule has 30 heavy (non-hydrogen) atoms. The number of anilines is 1. The molecule has 162 valence electrons. The Hall–Kier alpha value is -2.29. The first-order valence-electron chi connectivity index (χ1n) is 10.1. The van der Waals surface area contributed by atoms with Crippen molar-refractivity contribution in [2.75, 3.05) is 38.7 Å². The zero-order chi connectivity index (χ0) is 21.7. The number of aromatic nitrogens is 1. The summed E-state index contributed by atoms with van der Waals surface area (Å²) >= 11 is 1.40. The summed E-state index contributed by atoms with van der Waals surface area (Å²) in [6.07, 6.45) is 1.58. The van der Waals surface area contributed by atoms with Crippen LogP contribution in [0.1, 0.15) is 29.5 Å². The number of thiazole rings is 1. The topological polar surface area (TPSA) is 80.8 Å². The predicted molar refractivity (Wildman–Crippen MR) is 118 cm³/mol. The lowest BCUT2D eigenvalue weighted by Crippen LogP contribution is -2.46. The average molecular weight is 432 g/mol. The van der Waals surface area contributed by atoms with Crippen LogP contribution in [0.2, 0.25) is 0 Å². The molecular weight excluding hydrogens is 402 g/mol. The molecule has 0 radical (unpaired) electrons. The highest BCUT2D eigenvalue weighted by molar-refractivity contribution is 7.14. The summed E-state index contributed by atoms with van der Waals surface area (Å²) in [6, 6.07) is 4.41. The van der Waals surface area contributed by atoms with Crippen molar-refractivity contribution in [2.24, 2.45) is 0 Å². The Kier molecular flexibility index (Phi) is 7.58. The van der Waals surface area contributed by atoms with E-state index >= 15 is 0 Å². The van der Waals surface area contributed by atoms with Gasteiger partial charge in [0, 0.05) is 30.2 Å². The molecule has 1 fully saturated rings. The maximum absolute atomic E-state index is 12.7. The number of nitrogens with zero attached hydrogens (tertiary/aromatic N) is 2. The van der Waals surface area contributed by atoms with Gasteiger partial charge < -0.3 is 14.8 Å². The minimum absolute atomic E-state index is 0.0829. The lowest BCUT2D eigenvalue weighted by Gasteiger charge is -2.32. The van der Waals surface area contributed by atoms with Gasteiger partial charge in [-0.25, -0.2) is 4.98 Å². The fourth-order valence-electron chi connectivity index (χ4n) is 3.63. The number of carbonyl (C=O) groups is 2. The van der Waals surface area contributed by atoms with Crippen LogP contribution in [0.5, 0.6) is 0 Å². The normalized spacial score (nSPS) is 14.7. The molecule has 1 saturated heterocycles. The van der Waals surface area contributed by atoms with Gasteiger partial charge in [0.2, 0.25) is 5.91 Å². The molecule has 1 aliphatic heterocycles. The number of hydrogen-bond donors (Lipinski definition) is 1. The van der Waals surface area contributed by atoms with Gasteiger partial charge in [0.15, 0.2) is 5.13 Å². The molecule has 1 aromatic heterocycles. The smallest absolute Gasteiger partial charge is 0.319 e. The average Bonchev–Trinajstić information content (AvgIpc) is 3.18. The number of rotatable bonds is 7. The van der Waals surface area contributed by atoms with Crippen molar-refractivity contribution in [2.45, 2.75) is 39.7 Å². The minimum atomic E-state index is -0.351. The molecule has 0 aliphatic carbocycles. The van der Waals surface area contributed by atoms with Gasteiger partial charge in [0.25, 0.3) is 0 Å². The third kappa shape index (κ3) is 5.65. The Bertz CT molecular complexity index is 906. The van der Waals surface area contributed by atoms with Crippen LogP contribution in [0.15, 0.2) is 17.5 Å². The van der Waals surface area contributed by atoms with Crippen LogP contribution in [-0.4, -0.2) is 61.2 Å². The van der Waals surface area contributed by atoms with E-state index in [0.29, 0.717) is 18.3 Å². The fraction of sp³-hybridized carbons (Fsp3) is 0.500. The third-order valence-corrected chi connectivity index (χ3v) is 6.24. The summed E-state index contributed by atoms with van der Waals surface area (Å²) < 4.78 is 10.2. The van der Waals surface area contributed by atoms with Gasteiger partial charge in [-0.05, 0) is 56.4 Å². The number of methoxy groups -OCH3 is 1. The molecule has 0 atom stereocenters. The van der Waals surface area contributed by atoms with Crippen molar-refractivity contribution >= 4 is 28.3 Å². The van der Waals surface area contributed by atoms with Crippen molar-refractivity contribution in [3.63, 3.8) is 0 Å². The number of carbonyl (C=O) groups excluding carboxylic acids is 2. The summed E-state index contributed by atoms with van der Waals surface area (Å²) in [6.45, 7) is 7.70. The van der Waals surface area contributed by atoms with Crippen molar-refractivity contribution in [3.05, 3.63) is 34.2 Å². The van der Waals surface area contributed by atoms with Crippen LogP contribution < -0.4 is 5.32 Å². The van der Waals surface area contributed by atoms with Crippen molar-refractivity contribution in [1.82, 2.24) is 9.88 Å². The van der Waals surface area contributed by atoms with Gasteiger partial charge >= 0.3 is 5.97 Å². The summed E-state index contributed by atoms with van der Waals surface area (Å²) in [7, 11) is 1.36. The highest BCUT2D eigenvalue weighted by Gasteiger charge is 2.26. The maximum atomic E-state index is 12.7. The van der Waals surface area contributed by atoms with E-state index in [2.05, 4.69) is 43.2 Å². The van der Waals surface area contributed by atoms with Gasteiger partial charge in [-0.3, -0.25) is 14.5 Å². The number of amides is 1. The Morgan fingerprint density at radius 2 is 1.87 bits per heavy atom. The van der Waals surface area contributed by atoms with E-state index in [1.54, 1.807) is 0 Å². The lowest BCUT2D eigenvalue weighted by molar-refractivity contribution is -0.143. The maximum Gasteiger partial charge on any atom is 0.319 e. The summed E-state index contributed by atoms with van der Waals surface area (Å²) in [5.74, 6) is -0.542. The van der Waals surface area contributed by atoms with E-state index in [0.717, 1.165) is 29.7 Å². The van der Waals surface area contributed by atoms with Crippen LogP contribution in [0.4, 0.5) is 5.13 Å². The first-order chi connectivity index (χ1) is 14.4. The third-order valence-electron chi connectivity index (χ3n) is 5.48. The van der Waals surface area contributed by atoms with E-state index in [4.69, 9.17) is 9.47 Å². The largest absolute Gasteiger partial charge is 0.468 e. The molecule has 0 bridgehead atoms. The number of esters is 1. The molecule has 0 unspecified atom stereocenters. The fourth-order valence-corrected chi connectivity index (χ4v) is 4.36. The van der Waals surface area contributed by atoms with E-state index < -0.39 is 0 Å². The quantitative estimate of drug-likeness (QED) is 0.678. The monoisotopic (exact) mass is 431 g/mol. The second-order valence-corrected chi connectivity index (χ2v) is 8.52.